The van der Waals surface area contributed by atoms with Crippen LogP contribution in [0.1, 0.15) is 20.3 Å². The summed E-state index contributed by atoms with van der Waals surface area (Å²) in [4.78, 5) is 0. The average molecular weight is 146 g/mol. The van der Waals surface area contributed by atoms with Gasteiger partial charge in [-0.1, -0.05) is 19.9 Å². The maximum Gasteiger partial charge on any atom is 0.0768 e. The van der Waals surface area contributed by atoms with Crippen molar-refractivity contribution in [2.24, 2.45) is 16.8 Å². The second kappa shape index (κ2) is 4.70. The summed E-state index contributed by atoms with van der Waals surface area (Å²) in [6.45, 7) is 4.23. The molecule has 0 saturated carbocycles. The highest BCUT2D eigenvalue weighted by Crippen LogP contribution is 2.08. The van der Waals surface area contributed by atoms with E-state index in [2.05, 4.69) is 13.8 Å². The van der Waals surface area contributed by atoms with Gasteiger partial charge in [0.15, 0.2) is 0 Å². The lowest BCUT2D eigenvalue weighted by Crippen LogP contribution is -1.98. The topological polar surface area (TPSA) is 52.0 Å². The Bertz CT molecular complexity index is 101. The molecule has 0 rings (SSSR count). The maximum absolute atomic E-state index is 5.45. The van der Waals surface area contributed by atoms with Crippen LogP contribution in [0.15, 0.2) is 11.1 Å². The smallest absolute Gasteiger partial charge is 0.0768 e. The van der Waals surface area contributed by atoms with Crippen LogP contribution >= 0.6 is 11.9 Å². The molecular formula is C6H14N2S. The molecule has 0 aliphatic carbocycles. The predicted molar refractivity (Wildman–Crippen MR) is 43.5 cm³/mol. The van der Waals surface area contributed by atoms with Crippen molar-refractivity contribution in [2.45, 2.75) is 20.3 Å². The second-order valence-electron chi connectivity index (χ2n) is 2.07. The van der Waals surface area contributed by atoms with E-state index in [1.807, 2.05) is 6.08 Å². The third kappa shape index (κ3) is 4.36. The molecule has 0 aliphatic rings. The largest absolute Gasteiger partial charge is 0.393 e. The molecule has 0 aromatic rings. The van der Waals surface area contributed by atoms with Gasteiger partial charge >= 0.3 is 0 Å². The number of hydrogen-bond donors (Lipinski definition) is 2. The minimum Gasteiger partial charge on any atom is -0.393 e. The molecule has 1 atom stereocenters. The van der Waals surface area contributed by atoms with Crippen molar-refractivity contribution < 1.29 is 0 Å². The summed E-state index contributed by atoms with van der Waals surface area (Å²) in [6.07, 6.45) is 3.09. The Morgan fingerprint density at radius 2 is 2.33 bits per heavy atom. The maximum atomic E-state index is 5.45. The molecule has 0 spiro atoms. The van der Waals surface area contributed by atoms with Crippen molar-refractivity contribution in [3.05, 3.63) is 11.1 Å². The number of rotatable bonds is 3. The van der Waals surface area contributed by atoms with Crippen LogP contribution in [0.5, 0.6) is 0 Å². The zero-order valence-electron chi connectivity index (χ0n) is 5.92. The van der Waals surface area contributed by atoms with Gasteiger partial charge in [0, 0.05) is 0 Å². The SMILES string of the molecule is CCC(C)/C=C(/N)SN. The van der Waals surface area contributed by atoms with Crippen LogP contribution in [0.4, 0.5) is 0 Å². The van der Waals surface area contributed by atoms with Crippen molar-refractivity contribution >= 4 is 11.9 Å². The van der Waals surface area contributed by atoms with Crippen molar-refractivity contribution in [1.29, 1.82) is 0 Å². The van der Waals surface area contributed by atoms with E-state index in [4.69, 9.17) is 10.9 Å². The second-order valence-corrected chi connectivity index (χ2v) is 2.78. The molecule has 0 saturated heterocycles. The highest BCUT2D eigenvalue weighted by Gasteiger charge is 1.93. The first-order chi connectivity index (χ1) is 4.20. The first kappa shape index (κ1) is 8.85. The van der Waals surface area contributed by atoms with Crippen LogP contribution in [0.2, 0.25) is 0 Å². The fourth-order valence-electron chi connectivity index (χ4n) is 0.438. The van der Waals surface area contributed by atoms with Gasteiger partial charge in [0.1, 0.15) is 0 Å². The Kier molecular flexibility index (Phi) is 4.62. The van der Waals surface area contributed by atoms with Crippen LogP contribution < -0.4 is 10.9 Å². The Morgan fingerprint density at radius 1 is 1.78 bits per heavy atom. The van der Waals surface area contributed by atoms with Crippen molar-refractivity contribution in [1.82, 2.24) is 0 Å². The minimum absolute atomic E-state index is 0.543. The Morgan fingerprint density at radius 3 is 2.67 bits per heavy atom. The molecule has 0 aromatic carbocycles. The van der Waals surface area contributed by atoms with Gasteiger partial charge in [0.05, 0.1) is 5.03 Å². The van der Waals surface area contributed by atoms with Crippen molar-refractivity contribution in [2.75, 3.05) is 0 Å². The third-order valence-corrected chi connectivity index (χ3v) is 1.64. The lowest BCUT2D eigenvalue weighted by atomic mass is 10.1. The molecule has 4 N–H and O–H groups in total. The molecule has 2 nitrogen and oxygen atoms in total. The lowest BCUT2D eigenvalue weighted by Gasteiger charge is -2.01. The number of nitrogens with two attached hydrogens (primary N) is 2. The highest BCUT2D eigenvalue weighted by molar-refractivity contribution is 8.00. The van der Waals surface area contributed by atoms with E-state index in [0.29, 0.717) is 10.9 Å². The molecule has 0 amide bonds. The van der Waals surface area contributed by atoms with Gasteiger partial charge < -0.3 is 5.73 Å². The van der Waals surface area contributed by atoms with E-state index >= 15 is 0 Å². The van der Waals surface area contributed by atoms with Gasteiger partial charge in [-0.3, -0.25) is 5.14 Å². The van der Waals surface area contributed by atoms with Gasteiger partial charge in [0.2, 0.25) is 0 Å². The van der Waals surface area contributed by atoms with E-state index in [1.165, 1.54) is 0 Å². The Labute approximate surface area is 60.8 Å². The molecule has 0 heterocycles. The zero-order chi connectivity index (χ0) is 7.28. The van der Waals surface area contributed by atoms with Crippen LogP contribution in [0.25, 0.3) is 0 Å². The monoisotopic (exact) mass is 146 g/mol. The highest BCUT2D eigenvalue weighted by atomic mass is 32.2. The van der Waals surface area contributed by atoms with Crippen LogP contribution in [0, 0.1) is 5.92 Å². The van der Waals surface area contributed by atoms with Crippen LogP contribution in [-0.4, -0.2) is 0 Å². The molecule has 54 valence electrons. The summed E-state index contributed by atoms with van der Waals surface area (Å²) in [5.41, 5.74) is 5.45. The van der Waals surface area contributed by atoms with Crippen molar-refractivity contribution in [3.63, 3.8) is 0 Å². The van der Waals surface area contributed by atoms with Gasteiger partial charge in [-0.25, -0.2) is 0 Å². The number of allylic oxidation sites excluding steroid dienone is 1. The van der Waals surface area contributed by atoms with Crippen LogP contribution in [-0.2, 0) is 0 Å². The summed E-state index contributed by atoms with van der Waals surface area (Å²) < 4.78 is 0. The minimum atomic E-state index is 0.543. The van der Waals surface area contributed by atoms with Crippen molar-refractivity contribution in [3.8, 4) is 0 Å². The van der Waals surface area contributed by atoms with Crippen LogP contribution in [0.3, 0.4) is 0 Å². The molecule has 9 heavy (non-hydrogen) atoms. The van der Waals surface area contributed by atoms with E-state index in [-0.39, 0.29) is 0 Å². The molecular weight excluding hydrogens is 132 g/mol. The Balaban J connectivity index is 3.64. The number of hydrogen-bond acceptors (Lipinski definition) is 3. The standard InChI is InChI=1S/C6H14N2S/c1-3-5(2)4-6(7)9-8/h4-5H,3,7-8H2,1-2H3/b6-4-. The normalized spacial score (nSPS) is 15.7. The Hall–Kier alpha value is -0.150. The van der Waals surface area contributed by atoms with E-state index in [1.54, 1.807) is 0 Å². The van der Waals surface area contributed by atoms with Gasteiger partial charge in [-0.05, 0) is 24.3 Å². The van der Waals surface area contributed by atoms with E-state index in [0.717, 1.165) is 18.4 Å². The first-order valence-electron chi connectivity index (χ1n) is 3.04. The lowest BCUT2D eigenvalue weighted by molar-refractivity contribution is 0.695. The third-order valence-electron chi connectivity index (χ3n) is 1.23. The fourth-order valence-corrected chi connectivity index (χ4v) is 0.748. The van der Waals surface area contributed by atoms with Gasteiger partial charge in [-0.15, -0.1) is 0 Å². The van der Waals surface area contributed by atoms with Gasteiger partial charge in [-0.2, -0.15) is 0 Å². The van der Waals surface area contributed by atoms with E-state index in [9.17, 15) is 0 Å². The molecule has 0 aromatic heterocycles. The molecule has 0 aliphatic heterocycles. The first-order valence-corrected chi connectivity index (χ1v) is 3.92. The predicted octanol–water partition coefficient (Wildman–Crippen LogP) is 1.44. The summed E-state index contributed by atoms with van der Waals surface area (Å²) in [5, 5.41) is 5.91. The molecule has 0 bridgehead atoms. The summed E-state index contributed by atoms with van der Waals surface area (Å²) in [5.74, 6) is 0.543. The fraction of sp³-hybridized carbons (Fsp3) is 0.667. The summed E-state index contributed by atoms with van der Waals surface area (Å²) in [7, 11) is 0. The molecule has 3 heteroatoms. The zero-order valence-corrected chi connectivity index (χ0v) is 6.74. The summed E-state index contributed by atoms with van der Waals surface area (Å²) >= 11 is 1.11. The molecule has 0 fully saturated rings. The molecule has 1 unspecified atom stereocenters. The van der Waals surface area contributed by atoms with Gasteiger partial charge in [0.25, 0.3) is 0 Å². The summed E-state index contributed by atoms with van der Waals surface area (Å²) in [6, 6.07) is 0. The molecule has 0 radical (unpaired) electrons. The average Bonchev–Trinajstić information content (AvgIpc) is 1.87. The quantitative estimate of drug-likeness (QED) is 0.592. The van der Waals surface area contributed by atoms with E-state index < -0.39 is 0 Å².